The summed E-state index contributed by atoms with van der Waals surface area (Å²) in [7, 11) is 0. The van der Waals surface area contributed by atoms with Crippen LogP contribution in [0.2, 0.25) is 0 Å². The lowest BCUT2D eigenvalue weighted by molar-refractivity contribution is 0.187. The average molecular weight is 475 g/mol. The van der Waals surface area contributed by atoms with Crippen LogP contribution in [-0.4, -0.2) is 38.3 Å². The maximum atomic E-state index is 5.48. The lowest BCUT2D eigenvalue weighted by Gasteiger charge is -2.30. The first-order valence-electron chi connectivity index (χ1n) is 9.98. The monoisotopic (exact) mass is 475 g/mol. The highest BCUT2D eigenvalue weighted by Crippen LogP contribution is 2.26. The number of rotatable bonds is 7. The molecule has 1 aliphatic heterocycles. The Labute approximate surface area is 174 Å². The number of ether oxygens (including phenoxy) is 1. The fourth-order valence-corrected chi connectivity index (χ4v) is 3.85. The number of nitrogens with one attached hydrogen (secondary N) is 2. The Balaban J connectivity index is 0.00000243. The van der Waals surface area contributed by atoms with E-state index in [9.17, 15) is 0 Å². The van der Waals surface area contributed by atoms with Crippen LogP contribution in [0.4, 0.5) is 0 Å². The number of hydrogen-bond donors (Lipinski definition) is 2. The standard InChI is InChI=1S/C20H33N3O2.HI/c1-2-16-5-3-6-18(13-16)23-20(22-14-17-9-12-24-15-17)21-10-8-19-7-4-11-25-19;/h4,7,11,16-18H,2-3,5-6,8-10,12-15H2,1H3,(H2,21,22,23);1H. The molecule has 1 saturated heterocycles. The zero-order chi connectivity index (χ0) is 17.3. The molecule has 1 aromatic rings. The van der Waals surface area contributed by atoms with Crippen molar-refractivity contribution in [3.8, 4) is 0 Å². The van der Waals surface area contributed by atoms with Crippen LogP contribution in [0, 0.1) is 11.8 Å². The third-order valence-electron chi connectivity index (χ3n) is 5.48. The molecule has 3 unspecified atom stereocenters. The first-order chi connectivity index (χ1) is 12.3. The Bertz CT molecular complexity index is 515. The van der Waals surface area contributed by atoms with Gasteiger partial charge in [0.25, 0.3) is 0 Å². The summed E-state index contributed by atoms with van der Waals surface area (Å²) in [5.41, 5.74) is 0. The van der Waals surface area contributed by atoms with E-state index in [0.29, 0.717) is 12.0 Å². The van der Waals surface area contributed by atoms with Crippen LogP contribution in [0.25, 0.3) is 0 Å². The fourth-order valence-electron chi connectivity index (χ4n) is 3.85. The highest BCUT2D eigenvalue weighted by atomic mass is 127. The highest BCUT2D eigenvalue weighted by molar-refractivity contribution is 14.0. The van der Waals surface area contributed by atoms with Gasteiger partial charge in [0.2, 0.25) is 0 Å². The van der Waals surface area contributed by atoms with Gasteiger partial charge in [-0.2, -0.15) is 0 Å². The van der Waals surface area contributed by atoms with Crippen LogP contribution in [0.15, 0.2) is 27.8 Å². The van der Waals surface area contributed by atoms with Crippen molar-refractivity contribution in [2.24, 2.45) is 16.8 Å². The van der Waals surface area contributed by atoms with Crippen molar-refractivity contribution in [2.45, 2.75) is 57.9 Å². The predicted molar refractivity (Wildman–Crippen MR) is 116 cm³/mol. The number of aliphatic imine (C=N–C) groups is 1. The summed E-state index contributed by atoms with van der Waals surface area (Å²) in [6.07, 6.45) is 10.3. The second-order valence-electron chi connectivity index (χ2n) is 7.46. The normalized spacial score (nSPS) is 26.3. The molecule has 0 amide bonds. The number of hydrogen-bond acceptors (Lipinski definition) is 3. The molecule has 0 spiro atoms. The quantitative estimate of drug-likeness (QED) is 0.356. The first kappa shape index (κ1) is 21.5. The largest absolute Gasteiger partial charge is 0.469 e. The molecule has 26 heavy (non-hydrogen) atoms. The maximum absolute atomic E-state index is 5.48. The van der Waals surface area contributed by atoms with Crippen molar-refractivity contribution in [3.63, 3.8) is 0 Å². The molecule has 5 nitrogen and oxygen atoms in total. The van der Waals surface area contributed by atoms with Crippen LogP contribution in [0.1, 0.15) is 51.2 Å². The minimum Gasteiger partial charge on any atom is -0.469 e. The van der Waals surface area contributed by atoms with E-state index in [1.807, 2.05) is 12.1 Å². The second-order valence-corrected chi connectivity index (χ2v) is 7.46. The molecule has 3 rings (SSSR count). The number of furan rings is 1. The van der Waals surface area contributed by atoms with Crippen molar-refractivity contribution < 1.29 is 9.15 Å². The summed E-state index contributed by atoms with van der Waals surface area (Å²) < 4.78 is 10.9. The molecule has 2 N–H and O–H groups in total. The molecular formula is C20H34IN3O2. The maximum Gasteiger partial charge on any atom is 0.191 e. The molecule has 148 valence electrons. The predicted octanol–water partition coefficient (Wildman–Crippen LogP) is 3.98. The average Bonchev–Trinajstić information content (AvgIpc) is 3.33. The summed E-state index contributed by atoms with van der Waals surface area (Å²) in [6, 6.07) is 4.51. The van der Waals surface area contributed by atoms with E-state index in [1.54, 1.807) is 6.26 Å². The molecule has 0 radical (unpaired) electrons. The van der Waals surface area contributed by atoms with Crippen molar-refractivity contribution in [2.75, 3.05) is 26.3 Å². The van der Waals surface area contributed by atoms with Crippen molar-refractivity contribution in [3.05, 3.63) is 24.2 Å². The topological polar surface area (TPSA) is 58.8 Å². The molecule has 2 fully saturated rings. The van der Waals surface area contributed by atoms with E-state index < -0.39 is 0 Å². The summed E-state index contributed by atoms with van der Waals surface area (Å²) in [4.78, 5) is 4.85. The van der Waals surface area contributed by atoms with E-state index in [4.69, 9.17) is 14.1 Å². The van der Waals surface area contributed by atoms with Gasteiger partial charge in [0.15, 0.2) is 5.96 Å². The van der Waals surface area contributed by atoms with Crippen LogP contribution in [-0.2, 0) is 11.2 Å². The summed E-state index contributed by atoms with van der Waals surface area (Å²) in [5.74, 6) is 3.40. The van der Waals surface area contributed by atoms with Crippen LogP contribution >= 0.6 is 24.0 Å². The molecule has 3 atom stereocenters. The zero-order valence-corrected chi connectivity index (χ0v) is 18.2. The fraction of sp³-hybridized carbons (Fsp3) is 0.750. The van der Waals surface area contributed by atoms with Gasteiger partial charge in [0.05, 0.1) is 12.9 Å². The molecular weight excluding hydrogens is 441 g/mol. The number of nitrogens with zero attached hydrogens (tertiary/aromatic N) is 1. The Morgan fingerprint density at radius 2 is 2.19 bits per heavy atom. The molecule has 0 bridgehead atoms. The number of guanidine groups is 1. The Morgan fingerprint density at radius 3 is 2.92 bits per heavy atom. The van der Waals surface area contributed by atoms with Gasteiger partial charge in [-0.1, -0.05) is 26.2 Å². The summed E-state index contributed by atoms with van der Waals surface area (Å²) in [6.45, 7) is 5.73. The van der Waals surface area contributed by atoms with Crippen molar-refractivity contribution >= 4 is 29.9 Å². The van der Waals surface area contributed by atoms with E-state index in [0.717, 1.165) is 56.8 Å². The van der Waals surface area contributed by atoms with Crippen LogP contribution in [0.5, 0.6) is 0 Å². The summed E-state index contributed by atoms with van der Waals surface area (Å²) in [5, 5.41) is 7.19. The van der Waals surface area contributed by atoms with Crippen LogP contribution < -0.4 is 10.6 Å². The van der Waals surface area contributed by atoms with Gasteiger partial charge in [-0.3, -0.25) is 4.99 Å². The highest BCUT2D eigenvalue weighted by Gasteiger charge is 2.22. The molecule has 0 aromatic carbocycles. The molecule has 1 saturated carbocycles. The van der Waals surface area contributed by atoms with Gasteiger partial charge in [-0.25, -0.2) is 0 Å². The van der Waals surface area contributed by atoms with Gasteiger partial charge in [0, 0.05) is 38.1 Å². The first-order valence-corrected chi connectivity index (χ1v) is 9.98. The van der Waals surface area contributed by atoms with Crippen LogP contribution in [0.3, 0.4) is 0 Å². The van der Waals surface area contributed by atoms with E-state index in [1.165, 1.54) is 32.1 Å². The molecule has 2 aliphatic rings. The zero-order valence-electron chi connectivity index (χ0n) is 15.9. The SMILES string of the molecule is CCC1CCCC(NC(=NCC2CCOC2)NCCc2ccco2)C1.I. The molecule has 1 aliphatic carbocycles. The van der Waals surface area contributed by atoms with Crippen molar-refractivity contribution in [1.29, 1.82) is 0 Å². The van der Waals surface area contributed by atoms with Gasteiger partial charge in [-0.15, -0.1) is 24.0 Å². The Hall–Kier alpha value is -0.760. The van der Waals surface area contributed by atoms with Gasteiger partial charge in [-0.05, 0) is 37.3 Å². The molecule has 6 heteroatoms. The molecule has 1 aromatic heterocycles. The molecule has 2 heterocycles. The third-order valence-corrected chi connectivity index (χ3v) is 5.48. The lowest BCUT2D eigenvalue weighted by atomic mass is 9.84. The smallest absolute Gasteiger partial charge is 0.191 e. The summed E-state index contributed by atoms with van der Waals surface area (Å²) >= 11 is 0. The Morgan fingerprint density at radius 1 is 1.27 bits per heavy atom. The lowest BCUT2D eigenvalue weighted by Crippen LogP contribution is -2.46. The van der Waals surface area contributed by atoms with Gasteiger partial charge in [0.1, 0.15) is 5.76 Å². The van der Waals surface area contributed by atoms with E-state index >= 15 is 0 Å². The van der Waals surface area contributed by atoms with Crippen molar-refractivity contribution in [1.82, 2.24) is 10.6 Å². The minimum atomic E-state index is 0. The van der Waals surface area contributed by atoms with E-state index in [2.05, 4.69) is 17.6 Å². The van der Waals surface area contributed by atoms with Gasteiger partial charge >= 0.3 is 0 Å². The second kappa shape index (κ2) is 11.8. The Kier molecular flexibility index (Phi) is 9.82. The third kappa shape index (κ3) is 7.10. The van der Waals surface area contributed by atoms with Gasteiger partial charge < -0.3 is 19.8 Å². The van der Waals surface area contributed by atoms with E-state index in [-0.39, 0.29) is 24.0 Å². The number of halogens is 1. The minimum absolute atomic E-state index is 0.